The average molecular weight is 153 g/mol. The number of hydrogen-bond acceptors (Lipinski definition) is 0. The molecule has 0 heterocycles. The molecule has 1 aliphatic rings. The minimum Gasteiger partial charge on any atom is -0.317 e. The van der Waals surface area contributed by atoms with Crippen molar-refractivity contribution in [3.05, 3.63) is 5.92 Å². The van der Waals surface area contributed by atoms with Gasteiger partial charge in [0, 0.05) is 0 Å². The van der Waals surface area contributed by atoms with Gasteiger partial charge in [0.05, 0.1) is 0 Å². The third kappa shape index (κ3) is 3.27. The Labute approximate surface area is 71.4 Å². The van der Waals surface area contributed by atoms with Crippen LogP contribution in [0.4, 0.5) is 0 Å². The third-order valence-electron chi connectivity index (χ3n) is 2.97. The highest BCUT2D eigenvalue weighted by atomic mass is 14.2. The van der Waals surface area contributed by atoms with Gasteiger partial charge in [-0.05, 0) is 0 Å². The lowest BCUT2D eigenvalue weighted by molar-refractivity contribution is 0.342. The van der Waals surface area contributed by atoms with E-state index in [9.17, 15) is 0 Å². The fourth-order valence-electron chi connectivity index (χ4n) is 2.03. The summed E-state index contributed by atoms with van der Waals surface area (Å²) in [5.41, 5.74) is 0. The molecule has 1 fully saturated rings. The summed E-state index contributed by atoms with van der Waals surface area (Å²) < 4.78 is 0. The van der Waals surface area contributed by atoms with Gasteiger partial charge in [-0.1, -0.05) is 44.9 Å². The zero-order chi connectivity index (χ0) is 8.10. The highest BCUT2D eigenvalue weighted by Crippen LogP contribution is 2.30. The zero-order valence-corrected chi connectivity index (χ0v) is 8.03. The second-order valence-corrected chi connectivity index (χ2v) is 4.02. The fraction of sp³-hybridized carbons (Fsp3) is 0.909. The van der Waals surface area contributed by atoms with Crippen LogP contribution in [0, 0.1) is 11.8 Å². The van der Waals surface area contributed by atoms with Gasteiger partial charge in [-0.2, -0.15) is 19.8 Å². The first-order valence-corrected chi connectivity index (χ1v) is 5.14. The molecule has 11 heavy (non-hydrogen) atoms. The molecular formula is C11H21-. The molecule has 0 N–H and O–H groups in total. The van der Waals surface area contributed by atoms with Crippen molar-refractivity contribution in [1.29, 1.82) is 0 Å². The predicted octanol–water partition coefficient (Wildman–Crippen LogP) is 3.96. The SMILES string of the molecule is CC[C-](C)CC1CCCCC1. The van der Waals surface area contributed by atoms with Gasteiger partial charge in [0.25, 0.3) is 0 Å². The molecule has 0 radical (unpaired) electrons. The third-order valence-corrected chi connectivity index (χ3v) is 2.97. The van der Waals surface area contributed by atoms with Gasteiger partial charge < -0.3 is 5.92 Å². The van der Waals surface area contributed by atoms with Crippen LogP contribution in [-0.4, -0.2) is 0 Å². The molecule has 1 saturated carbocycles. The van der Waals surface area contributed by atoms with E-state index in [-0.39, 0.29) is 0 Å². The van der Waals surface area contributed by atoms with Crippen LogP contribution in [0.3, 0.4) is 0 Å². The standard InChI is InChI=1S/C11H21/c1-3-10(2)9-11-7-5-4-6-8-11/h11H,3-9H2,1-2H3/q-1. The number of rotatable bonds is 3. The Bertz CT molecular complexity index is 90.2. The Kier molecular flexibility index (Phi) is 3.96. The summed E-state index contributed by atoms with van der Waals surface area (Å²) in [6.07, 6.45) is 10.2. The monoisotopic (exact) mass is 153 g/mol. The molecule has 0 amide bonds. The zero-order valence-electron chi connectivity index (χ0n) is 8.03. The van der Waals surface area contributed by atoms with Gasteiger partial charge in [-0.25, -0.2) is 0 Å². The Balaban J connectivity index is 2.13. The summed E-state index contributed by atoms with van der Waals surface area (Å²) in [5, 5.41) is 0. The highest BCUT2D eigenvalue weighted by molar-refractivity contribution is 4.85. The van der Waals surface area contributed by atoms with Crippen LogP contribution in [0.2, 0.25) is 0 Å². The van der Waals surface area contributed by atoms with E-state index in [1.807, 2.05) is 0 Å². The summed E-state index contributed by atoms with van der Waals surface area (Å²) in [7, 11) is 0. The summed E-state index contributed by atoms with van der Waals surface area (Å²) in [6, 6.07) is 0. The van der Waals surface area contributed by atoms with E-state index in [1.54, 1.807) is 5.92 Å². The van der Waals surface area contributed by atoms with Crippen molar-refractivity contribution in [3.63, 3.8) is 0 Å². The fourth-order valence-corrected chi connectivity index (χ4v) is 2.03. The molecule has 1 aliphatic carbocycles. The van der Waals surface area contributed by atoms with Crippen molar-refractivity contribution in [2.75, 3.05) is 0 Å². The lowest BCUT2D eigenvalue weighted by Gasteiger charge is -2.31. The smallest absolute Gasteiger partial charge is 0.0529 e. The largest absolute Gasteiger partial charge is 0.317 e. The molecule has 0 bridgehead atoms. The van der Waals surface area contributed by atoms with Crippen LogP contribution in [0.15, 0.2) is 0 Å². The maximum absolute atomic E-state index is 2.31. The van der Waals surface area contributed by atoms with Crippen LogP contribution >= 0.6 is 0 Å². The normalized spacial score (nSPS) is 21.0. The topological polar surface area (TPSA) is 0 Å². The van der Waals surface area contributed by atoms with E-state index in [2.05, 4.69) is 13.8 Å². The van der Waals surface area contributed by atoms with Crippen LogP contribution in [-0.2, 0) is 0 Å². The lowest BCUT2D eigenvalue weighted by atomic mass is 9.83. The summed E-state index contributed by atoms with van der Waals surface area (Å²) in [5.74, 6) is 2.75. The van der Waals surface area contributed by atoms with Crippen LogP contribution in [0.5, 0.6) is 0 Å². The summed E-state index contributed by atoms with van der Waals surface area (Å²) >= 11 is 0. The molecule has 0 aromatic carbocycles. The van der Waals surface area contributed by atoms with Gasteiger partial charge in [0.2, 0.25) is 0 Å². The molecule has 0 aromatic heterocycles. The van der Waals surface area contributed by atoms with E-state index < -0.39 is 0 Å². The molecule has 0 aliphatic heterocycles. The molecule has 0 spiro atoms. The van der Waals surface area contributed by atoms with Crippen molar-refractivity contribution < 1.29 is 0 Å². The van der Waals surface area contributed by atoms with Gasteiger partial charge in [0.15, 0.2) is 0 Å². The second kappa shape index (κ2) is 4.79. The van der Waals surface area contributed by atoms with E-state index in [0.29, 0.717) is 0 Å². The molecule has 1 rings (SSSR count). The first-order chi connectivity index (χ1) is 5.33. The van der Waals surface area contributed by atoms with Crippen LogP contribution in [0.1, 0.15) is 58.8 Å². The van der Waals surface area contributed by atoms with Gasteiger partial charge in [-0.15, -0.1) is 0 Å². The molecule has 66 valence electrons. The van der Waals surface area contributed by atoms with Crippen molar-refractivity contribution in [2.24, 2.45) is 5.92 Å². The van der Waals surface area contributed by atoms with Gasteiger partial charge >= 0.3 is 0 Å². The maximum Gasteiger partial charge on any atom is -0.0529 e. The summed E-state index contributed by atoms with van der Waals surface area (Å²) in [4.78, 5) is 0. The van der Waals surface area contributed by atoms with E-state index in [4.69, 9.17) is 0 Å². The van der Waals surface area contributed by atoms with E-state index in [0.717, 1.165) is 5.92 Å². The summed E-state index contributed by atoms with van der Waals surface area (Å²) in [6.45, 7) is 4.59. The Hall–Kier alpha value is 0. The van der Waals surface area contributed by atoms with E-state index >= 15 is 0 Å². The highest BCUT2D eigenvalue weighted by Gasteiger charge is 2.10. The van der Waals surface area contributed by atoms with Crippen LogP contribution in [0.25, 0.3) is 0 Å². The first-order valence-electron chi connectivity index (χ1n) is 5.14. The Morgan fingerprint density at radius 3 is 2.36 bits per heavy atom. The predicted molar refractivity (Wildman–Crippen MR) is 50.4 cm³/mol. The molecule has 0 aromatic rings. The first kappa shape index (κ1) is 9.09. The Morgan fingerprint density at radius 1 is 1.18 bits per heavy atom. The van der Waals surface area contributed by atoms with Crippen molar-refractivity contribution in [1.82, 2.24) is 0 Å². The molecule has 0 atom stereocenters. The molecule has 0 saturated heterocycles. The lowest BCUT2D eigenvalue weighted by Crippen LogP contribution is -2.08. The average Bonchev–Trinajstić information content (AvgIpc) is 2.06. The van der Waals surface area contributed by atoms with E-state index in [1.165, 1.54) is 44.9 Å². The van der Waals surface area contributed by atoms with Gasteiger partial charge in [-0.3, -0.25) is 0 Å². The molecule has 0 unspecified atom stereocenters. The minimum atomic E-state index is 1.05. The molecule has 0 heteroatoms. The minimum absolute atomic E-state index is 1.05. The van der Waals surface area contributed by atoms with Crippen LogP contribution < -0.4 is 0 Å². The quantitative estimate of drug-likeness (QED) is 0.538. The maximum atomic E-state index is 2.31. The van der Waals surface area contributed by atoms with Crippen molar-refractivity contribution in [3.8, 4) is 0 Å². The number of hydrogen-bond donors (Lipinski definition) is 0. The Morgan fingerprint density at radius 2 is 1.82 bits per heavy atom. The van der Waals surface area contributed by atoms with Gasteiger partial charge in [0.1, 0.15) is 0 Å². The molecular weight excluding hydrogens is 132 g/mol. The van der Waals surface area contributed by atoms with Crippen molar-refractivity contribution >= 4 is 0 Å². The molecule has 0 nitrogen and oxygen atoms in total. The second-order valence-electron chi connectivity index (χ2n) is 4.02. The van der Waals surface area contributed by atoms with Crippen molar-refractivity contribution in [2.45, 2.75) is 58.8 Å².